The highest BCUT2D eigenvalue weighted by Crippen LogP contribution is 2.25. The largest absolute Gasteiger partial charge is 0.445 e. The number of primary amides is 1. The van der Waals surface area contributed by atoms with Crippen LogP contribution in [0.15, 0.2) is 103 Å². The highest BCUT2D eigenvalue weighted by Gasteiger charge is 2.22. The molecule has 0 aliphatic rings. The smallest absolute Gasteiger partial charge is 0.407 e. The summed E-state index contributed by atoms with van der Waals surface area (Å²) in [5.74, 6) is -1.52. The van der Waals surface area contributed by atoms with Crippen LogP contribution in [0, 0.1) is 5.82 Å². The average molecular weight is 1060 g/mol. The number of rotatable bonds is 22. The van der Waals surface area contributed by atoms with Crippen molar-refractivity contribution in [3.8, 4) is 5.69 Å². The minimum atomic E-state index is -0.817. The molecular weight excluding hydrogens is 992 g/mol. The summed E-state index contributed by atoms with van der Waals surface area (Å²) < 4.78 is 44.9. The third kappa shape index (κ3) is 25.2. The summed E-state index contributed by atoms with van der Waals surface area (Å²) in [6.07, 6.45) is 0.696. The van der Waals surface area contributed by atoms with Gasteiger partial charge in [-0.25, -0.2) is 28.6 Å². The molecule has 0 spiro atoms. The van der Waals surface area contributed by atoms with E-state index in [1.165, 1.54) is 19.0 Å². The number of nitrogens with two attached hydrogens (primary N) is 2. The summed E-state index contributed by atoms with van der Waals surface area (Å²) in [6, 6.07) is 25.3. The number of alkyl carbamates (subject to hydrolysis) is 4. The number of aliphatic hydroxyl groups is 1. The average Bonchev–Trinajstić information content (AvgIpc) is 3.92. The molecule has 0 radical (unpaired) electrons. The number of methoxy groups -OCH3 is 2. The third-order valence-electron chi connectivity index (χ3n) is 9.43. The summed E-state index contributed by atoms with van der Waals surface area (Å²) in [5.41, 5.74) is 12.8. The second-order valence-electron chi connectivity index (χ2n) is 18.3. The van der Waals surface area contributed by atoms with E-state index in [0.29, 0.717) is 11.4 Å². The van der Waals surface area contributed by atoms with Crippen molar-refractivity contribution in [3.63, 3.8) is 0 Å². The van der Waals surface area contributed by atoms with Gasteiger partial charge in [0.05, 0.1) is 61.6 Å². The minimum Gasteiger partial charge on any atom is -0.445 e. The molecule has 24 nitrogen and oxygen atoms in total. The summed E-state index contributed by atoms with van der Waals surface area (Å²) >= 11 is 0. The van der Waals surface area contributed by atoms with Crippen LogP contribution in [0.4, 0.5) is 40.9 Å². The normalized spacial score (nSPS) is 12.0. The molecule has 0 unspecified atom stereocenters. The van der Waals surface area contributed by atoms with E-state index in [1.54, 1.807) is 72.1 Å². The quantitative estimate of drug-likeness (QED) is 0.0398. The predicted molar refractivity (Wildman–Crippen MR) is 280 cm³/mol. The Kier molecular flexibility index (Phi) is 26.4. The van der Waals surface area contributed by atoms with Gasteiger partial charge in [0.1, 0.15) is 30.2 Å². The first-order valence-electron chi connectivity index (χ1n) is 23.8. The number of aromatic nitrogens is 4. The Bertz CT molecular complexity index is 2530. The van der Waals surface area contributed by atoms with E-state index >= 15 is 0 Å². The molecule has 0 saturated carbocycles. The standard InChI is InChI=1S/C18H21FN8O2.C17H26N2O5.C16H24N2O5/c1-29-10-12(9-20)25-18-15(19)8-14(16(21)28)17(26-18)24-11-3-2-4-13(7-11)27-22-5-6-23-27;1-17(2,3)24-15(20)18-10-14(12-22-4)19-16(21)23-11-13-8-6-5-7-9-13;1-16(2,3)23-14(20)17-9-13(10-19)18-15(21)22-11-12-7-5-4-6-8-12/h2-8,12H,9-10,20H2,1H3,(H2,21,28)(H2,24,25,26);5-9,14H,10-12H2,1-4H3,(H,18,20)(H,19,21);4-8,13,19H,9-11H2,1-3H3,(H,17,20)(H,18,21)/t12-;14-;13-/m000/s1. The Morgan fingerprint density at radius 3 is 1.64 bits per heavy atom. The van der Waals surface area contributed by atoms with Gasteiger partial charge in [0.15, 0.2) is 11.6 Å². The molecule has 25 heteroatoms. The minimum absolute atomic E-state index is 0.0336. The topological polar surface area (TPSA) is 329 Å². The number of amides is 5. The monoisotopic (exact) mass is 1060 g/mol. The number of hydrogen-bond donors (Lipinski definition) is 9. The van der Waals surface area contributed by atoms with Crippen LogP contribution in [-0.4, -0.2) is 138 Å². The van der Waals surface area contributed by atoms with Crippen LogP contribution in [0.3, 0.4) is 0 Å². The Labute approximate surface area is 441 Å². The maximum absolute atomic E-state index is 14.5. The summed E-state index contributed by atoms with van der Waals surface area (Å²) in [7, 11) is 3.02. The number of halogens is 1. The van der Waals surface area contributed by atoms with Crippen molar-refractivity contribution in [2.24, 2.45) is 11.5 Å². The van der Waals surface area contributed by atoms with Crippen molar-refractivity contribution in [1.82, 2.24) is 41.2 Å². The maximum atomic E-state index is 14.5. The van der Waals surface area contributed by atoms with E-state index in [2.05, 4.69) is 47.1 Å². The number of carbonyl (C=O) groups is 5. The molecule has 414 valence electrons. The summed E-state index contributed by atoms with van der Waals surface area (Å²) in [5, 5.41) is 33.4. The number of anilines is 3. The van der Waals surface area contributed by atoms with E-state index in [4.69, 9.17) is 39.9 Å². The first-order valence-corrected chi connectivity index (χ1v) is 23.8. The molecule has 5 aromatic rings. The third-order valence-corrected chi connectivity index (χ3v) is 9.43. The van der Waals surface area contributed by atoms with E-state index in [-0.39, 0.29) is 75.9 Å². The molecule has 0 aliphatic carbocycles. The van der Waals surface area contributed by atoms with Crippen LogP contribution < -0.4 is 43.4 Å². The van der Waals surface area contributed by atoms with Crippen molar-refractivity contribution < 1.29 is 61.9 Å². The molecule has 0 saturated heterocycles. The fraction of sp³-hybridized carbons (Fsp3) is 0.412. The maximum Gasteiger partial charge on any atom is 0.407 e. The molecule has 11 N–H and O–H groups in total. The fourth-order valence-corrected chi connectivity index (χ4v) is 6.05. The van der Waals surface area contributed by atoms with E-state index < -0.39 is 59.4 Å². The molecule has 5 amide bonds. The molecule has 76 heavy (non-hydrogen) atoms. The van der Waals surface area contributed by atoms with Crippen molar-refractivity contribution in [2.75, 3.05) is 64.3 Å². The lowest BCUT2D eigenvalue weighted by Gasteiger charge is -2.22. The van der Waals surface area contributed by atoms with Gasteiger partial charge in [0.2, 0.25) is 0 Å². The second-order valence-corrected chi connectivity index (χ2v) is 18.3. The zero-order chi connectivity index (χ0) is 56.1. The van der Waals surface area contributed by atoms with Crippen LogP contribution in [-0.2, 0) is 41.6 Å². The zero-order valence-electron chi connectivity index (χ0n) is 44.0. The van der Waals surface area contributed by atoms with Crippen LogP contribution in [0.2, 0.25) is 0 Å². The molecule has 3 aromatic carbocycles. The number of ether oxygens (including phenoxy) is 6. The highest BCUT2D eigenvalue weighted by atomic mass is 19.1. The van der Waals surface area contributed by atoms with Crippen molar-refractivity contribution in [2.45, 2.75) is 84.1 Å². The Balaban J connectivity index is 0.000000303. The van der Waals surface area contributed by atoms with E-state index in [9.17, 15) is 33.5 Å². The molecule has 2 aromatic heterocycles. The molecule has 0 aliphatic heterocycles. The number of pyridine rings is 1. The number of aliphatic hydroxyl groups excluding tert-OH is 1. The number of hydrogen-bond acceptors (Lipinski definition) is 18. The predicted octanol–water partition coefficient (Wildman–Crippen LogP) is 5.28. The van der Waals surface area contributed by atoms with Gasteiger partial charge in [-0.1, -0.05) is 66.7 Å². The lowest BCUT2D eigenvalue weighted by atomic mass is 10.2. The molecular formula is C51H71FN12O12. The summed E-state index contributed by atoms with van der Waals surface area (Å²) in [6.45, 7) is 11.4. The lowest BCUT2D eigenvalue weighted by Crippen LogP contribution is -2.47. The van der Waals surface area contributed by atoms with Crippen molar-refractivity contribution >= 4 is 47.6 Å². The van der Waals surface area contributed by atoms with Gasteiger partial charge in [-0.15, -0.1) is 0 Å². The van der Waals surface area contributed by atoms with Crippen LogP contribution in [0.5, 0.6) is 0 Å². The highest BCUT2D eigenvalue weighted by molar-refractivity contribution is 5.98. The number of benzene rings is 3. The van der Waals surface area contributed by atoms with Crippen LogP contribution in [0.25, 0.3) is 5.69 Å². The van der Waals surface area contributed by atoms with Gasteiger partial charge in [-0.3, -0.25) is 4.79 Å². The number of nitrogens with zero attached hydrogens (tertiary/aromatic N) is 4. The SMILES string of the molecule is CC(C)(C)OC(=O)NC[C@@H](CO)NC(=O)OCc1ccccc1.COC[C@H](CN)Nc1nc(Nc2cccc(-n3nccn3)c2)c(C(N)=O)cc1F.COC[C@H](CNC(=O)OC(C)(C)C)NC(=O)OCc1ccccc1. The van der Waals surface area contributed by atoms with Gasteiger partial charge in [-0.05, 0) is 76.9 Å². The van der Waals surface area contributed by atoms with Gasteiger partial charge >= 0.3 is 24.4 Å². The molecule has 3 atom stereocenters. The van der Waals surface area contributed by atoms with Gasteiger partial charge in [0, 0.05) is 39.5 Å². The van der Waals surface area contributed by atoms with Gasteiger partial charge < -0.3 is 76.9 Å². The van der Waals surface area contributed by atoms with Crippen LogP contribution >= 0.6 is 0 Å². The van der Waals surface area contributed by atoms with Crippen molar-refractivity contribution in [3.05, 3.63) is 126 Å². The van der Waals surface area contributed by atoms with E-state index in [0.717, 1.165) is 17.2 Å². The first-order chi connectivity index (χ1) is 36.1. The molecule has 2 heterocycles. The van der Waals surface area contributed by atoms with Gasteiger partial charge in [0.25, 0.3) is 5.91 Å². The summed E-state index contributed by atoms with van der Waals surface area (Å²) in [4.78, 5) is 64.1. The number of nitrogens with one attached hydrogen (secondary N) is 6. The van der Waals surface area contributed by atoms with Crippen LogP contribution in [0.1, 0.15) is 63.0 Å². The lowest BCUT2D eigenvalue weighted by molar-refractivity contribution is 0.0502. The number of carbonyl (C=O) groups excluding carboxylic acids is 5. The zero-order valence-corrected chi connectivity index (χ0v) is 44.0. The first kappa shape index (κ1) is 62.2. The second kappa shape index (κ2) is 32.2. The van der Waals surface area contributed by atoms with E-state index in [1.807, 2.05) is 66.7 Å². The molecule has 0 bridgehead atoms. The molecule has 0 fully saturated rings. The Hall–Kier alpha value is -8.13. The van der Waals surface area contributed by atoms with Gasteiger partial charge in [-0.2, -0.15) is 15.0 Å². The Morgan fingerprint density at radius 1 is 0.671 bits per heavy atom. The van der Waals surface area contributed by atoms with Crippen molar-refractivity contribution in [1.29, 1.82) is 0 Å². The Morgan fingerprint density at radius 2 is 1.17 bits per heavy atom. The molecule has 5 rings (SSSR count). The fourth-order valence-electron chi connectivity index (χ4n) is 6.05.